The molecule has 2 aromatic heterocycles. The number of carbonyl (C=O) groups excluding carboxylic acids is 1. The van der Waals surface area contributed by atoms with E-state index < -0.39 is 29.8 Å². The number of nitrogens with one attached hydrogen (secondary N) is 2. The van der Waals surface area contributed by atoms with Gasteiger partial charge in [-0.25, -0.2) is 19.2 Å². The fraction of sp³-hybridized carbons (Fsp3) is 0.167. The second kappa shape index (κ2) is 7.41. The number of alkyl halides is 3. The third kappa shape index (κ3) is 4.13. The first kappa shape index (κ1) is 20.1. The first-order valence-electron chi connectivity index (χ1n) is 8.17. The Labute approximate surface area is 161 Å². The zero-order valence-corrected chi connectivity index (χ0v) is 15.0. The summed E-state index contributed by atoms with van der Waals surface area (Å²) in [7, 11) is 0. The van der Waals surface area contributed by atoms with E-state index in [0.717, 1.165) is 18.5 Å². The van der Waals surface area contributed by atoms with Gasteiger partial charge in [-0.2, -0.15) is 13.2 Å². The van der Waals surface area contributed by atoms with Crippen LogP contribution in [0.4, 0.5) is 34.0 Å². The molecule has 0 aliphatic rings. The van der Waals surface area contributed by atoms with Crippen molar-refractivity contribution in [2.24, 2.45) is 0 Å². The van der Waals surface area contributed by atoms with Crippen LogP contribution in [-0.2, 0) is 0 Å². The molecule has 0 aliphatic heterocycles. The molecule has 11 heteroatoms. The van der Waals surface area contributed by atoms with Gasteiger partial charge in [0.15, 0.2) is 17.4 Å². The average molecular weight is 409 g/mol. The average Bonchev–Trinajstić information content (AvgIpc) is 2.97. The van der Waals surface area contributed by atoms with Crippen molar-refractivity contribution in [2.45, 2.75) is 19.1 Å². The molecule has 0 saturated carbocycles. The van der Waals surface area contributed by atoms with Gasteiger partial charge in [0.2, 0.25) is 5.95 Å². The number of furan rings is 1. The minimum atomic E-state index is -4.91. The first-order valence-corrected chi connectivity index (χ1v) is 8.17. The van der Waals surface area contributed by atoms with Gasteiger partial charge in [0.05, 0.1) is 18.1 Å². The second-order valence-electron chi connectivity index (χ2n) is 6.08. The number of fused-ring (bicyclic) bond motifs is 1. The van der Waals surface area contributed by atoms with E-state index in [1.807, 2.05) is 0 Å². The van der Waals surface area contributed by atoms with E-state index in [-0.39, 0.29) is 28.2 Å². The molecule has 0 bridgehead atoms. The van der Waals surface area contributed by atoms with Crippen molar-refractivity contribution < 1.29 is 26.8 Å². The Kier molecular flexibility index (Phi) is 5.14. The molecule has 1 aromatic carbocycles. The van der Waals surface area contributed by atoms with Gasteiger partial charge in [-0.3, -0.25) is 0 Å². The molecule has 0 radical (unpaired) electrons. The molecule has 0 fully saturated rings. The van der Waals surface area contributed by atoms with Gasteiger partial charge in [-0.15, -0.1) is 0 Å². The largest absolute Gasteiger partial charge is 0.455 e. The van der Waals surface area contributed by atoms with Crippen molar-refractivity contribution >= 4 is 34.7 Å². The third-order valence-electron chi connectivity index (χ3n) is 4.08. The Hall–Kier alpha value is -3.63. The summed E-state index contributed by atoms with van der Waals surface area (Å²) in [5.74, 6) is -1.53. The highest BCUT2D eigenvalue weighted by Crippen LogP contribution is 2.39. The Balaban J connectivity index is 1.96. The van der Waals surface area contributed by atoms with Crippen molar-refractivity contribution in [1.29, 1.82) is 0 Å². The lowest BCUT2D eigenvalue weighted by Crippen LogP contribution is -2.40. The van der Waals surface area contributed by atoms with E-state index in [4.69, 9.17) is 10.2 Å². The smallest absolute Gasteiger partial charge is 0.416 e. The molecule has 2 heterocycles. The van der Waals surface area contributed by atoms with E-state index >= 15 is 0 Å². The van der Waals surface area contributed by atoms with Gasteiger partial charge in [-0.05, 0) is 24.6 Å². The molecular weight excluding hydrogens is 394 g/mol. The summed E-state index contributed by atoms with van der Waals surface area (Å²) in [5, 5.41) is 4.10. The molecule has 3 aromatic rings. The number of nitrogen functional groups attached to an aromatic ring is 1. The monoisotopic (exact) mass is 409 g/mol. The maximum absolute atomic E-state index is 14.2. The molecule has 0 aliphatic carbocycles. The highest BCUT2D eigenvalue weighted by atomic mass is 19.4. The Bertz CT molecular complexity index is 1080. The molecular formula is C18H15F4N5O2. The fourth-order valence-corrected chi connectivity index (χ4v) is 2.71. The zero-order valence-electron chi connectivity index (χ0n) is 15.0. The van der Waals surface area contributed by atoms with Crippen LogP contribution in [0.3, 0.4) is 0 Å². The molecule has 2 amide bonds. The van der Waals surface area contributed by atoms with Gasteiger partial charge in [0.25, 0.3) is 0 Å². The Morgan fingerprint density at radius 1 is 1.31 bits per heavy atom. The Morgan fingerprint density at radius 2 is 1.97 bits per heavy atom. The van der Waals surface area contributed by atoms with Crippen LogP contribution in [0.25, 0.3) is 17.0 Å². The molecule has 1 atom stereocenters. The minimum absolute atomic E-state index is 0.0284. The second-order valence-corrected chi connectivity index (χ2v) is 6.08. The van der Waals surface area contributed by atoms with Crippen LogP contribution in [0.15, 0.2) is 35.5 Å². The van der Waals surface area contributed by atoms with Crippen LogP contribution in [-0.4, -0.2) is 22.2 Å². The van der Waals surface area contributed by atoms with Gasteiger partial charge in [0.1, 0.15) is 5.76 Å². The van der Waals surface area contributed by atoms with Gasteiger partial charge in [-0.1, -0.05) is 12.7 Å². The zero-order chi connectivity index (χ0) is 21.3. The number of nitrogens with zero attached hydrogens (tertiary/aromatic N) is 2. The topological polar surface area (TPSA) is 106 Å². The van der Waals surface area contributed by atoms with Gasteiger partial charge < -0.3 is 20.8 Å². The van der Waals surface area contributed by atoms with Crippen LogP contribution >= 0.6 is 0 Å². The predicted molar refractivity (Wildman–Crippen MR) is 98.4 cm³/mol. The molecule has 3 rings (SSSR count). The molecule has 152 valence electrons. The maximum Gasteiger partial charge on any atom is 0.416 e. The van der Waals surface area contributed by atoms with Crippen LogP contribution in [0.5, 0.6) is 0 Å². The number of benzene rings is 1. The summed E-state index contributed by atoms with van der Waals surface area (Å²) in [4.78, 5) is 19.3. The number of carbonyl (C=O) groups is 1. The summed E-state index contributed by atoms with van der Waals surface area (Å²) >= 11 is 0. The summed E-state index contributed by atoms with van der Waals surface area (Å²) in [5.41, 5.74) is 5.42. The van der Waals surface area contributed by atoms with Gasteiger partial charge in [0, 0.05) is 10.9 Å². The van der Waals surface area contributed by atoms with Gasteiger partial charge >= 0.3 is 12.2 Å². The van der Waals surface area contributed by atoms with Crippen LogP contribution < -0.4 is 16.4 Å². The van der Waals surface area contributed by atoms with Crippen molar-refractivity contribution in [1.82, 2.24) is 15.3 Å². The summed E-state index contributed by atoms with van der Waals surface area (Å²) < 4.78 is 60.4. The highest BCUT2D eigenvalue weighted by molar-refractivity contribution is 5.90. The van der Waals surface area contributed by atoms with Crippen LogP contribution in [0.2, 0.25) is 0 Å². The number of anilines is 2. The molecule has 29 heavy (non-hydrogen) atoms. The van der Waals surface area contributed by atoms with Crippen molar-refractivity contribution in [3.8, 4) is 0 Å². The Morgan fingerprint density at radius 3 is 2.55 bits per heavy atom. The van der Waals surface area contributed by atoms with E-state index in [0.29, 0.717) is 5.56 Å². The number of nitrogens with two attached hydrogens (primary N) is 1. The third-order valence-corrected chi connectivity index (χ3v) is 4.08. The molecule has 1 unspecified atom stereocenters. The lowest BCUT2D eigenvalue weighted by molar-refractivity contribution is -0.158. The molecule has 7 nitrogen and oxygen atoms in total. The lowest BCUT2D eigenvalue weighted by Gasteiger charge is -2.20. The van der Waals surface area contributed by atoms with E-state index in [1.54, 1.807) is 5.32 Å². The fourth-order valence-electron chi connectivity index (χ4n) is 2.71. The number of hydrogen-bond donors (Lipinski definition) is 3. The van der Waals surface area contributed by atoms with Crippen LogP contribution in [0, 0.1) is 12.7 Å². The summed E-state index contributed by atoms with van der Waals surface area (Å²) in [6.07, 6.45) is -1.30. The number of rotatable bonds is 4. The number of hydrogen-bond acceptors (Lipinski definition) is 5. The SMILES string of the molecule is C=Cc1cc(F)c2oc(C(NC(=O)Nc3cnc(N)nc3)C(F)(F)F)c(C)c2c1. The van der Waals surface area contributed by atoms with E-state index in [9.17, 15) is 22.4 Å². The standard InChI is InChI=1S/C18H15F4N5O2/c1-3-9-4-11-8(2)13(29-14(11)12(19)5-9)15(18(20,21)22)27-17(28)26-10-6-24-16(23)25-7-10/h3-7,15H,1H2,2H3,(H2,23,24,25)(H2,26,27,28). The van der Waals surface area contributed by atoms with Crippen molar-refractivity contribution in [3.05, 3.63) is 53.8 Å². The molecule has 4 N–H and O–H groups in total. The number of aromatic nitrogens is 2. The molecule has 0 saturated heterocycles. The predicted octanol–water partition coefficient (Wildman–Crippen LogP) is 4.32. The van der Waals surface area contributed by atoms with Crippen molar-refractivity contribution in [3.63, 3.8) is 0 Å². The quantitative estimate of drug-likeness (QED) is 0.557. The summed E-state index contributed by atoms with van der Waals surface area (Å²) in [6, 6.07) is -1.16. The first-order chi connectivity index (χ1) is 13.6. The normalized spacial score (nSPS) is 12.6. The summed E-state index contributed by atoms with van der Waals surface area (Å²) in [6.45, 7) is 4.86. The van der Waals surface area contributed by atoms with Crippen LogP contribution in [0.1, 0.15) is 22.9 Å². The number of amides is 2. The van der Waals surface area contributed by atoms with Crippen molar-refractivity contribution in [2.75, 3.05) is 11.1 Å². The number of aryl methyl sites for hydroxylation is 1. The number of halogens is 4. The number of urea groups is 1. The van der Waals surface area contributed by atoms with E-state index in [1.165, 1.54) is 19.1 Å². The highest BCUT2D eigenvalue weighted by Gasteiger charge is 2.45. The molecule has 0 spiro atoms. The lowest BCUT2D eigenvalue weighted by atomic mass is 10.1. The minimum Gasteiger partial charge on any atom is -0.455 e. The van der Waals surface area contributed by atoms with E-state index in [2.05, 4.69) is 21.9 Å². The maximum atomic E-state index is 14.2.